The van der Waals surface area contributed by atoms with E-state index in [9.17, 15) is 4.79 Å². The molecule has 1 aromatic heterocycles. The minimum Gasteiger partial charge on any atom is -0.451 e. The molecule has 5 heteroatoms. The molecule has 2 N–H and O–H groups in total. The van der Waals surface area contributed by atoms with Crippen LogP contribution in [0.3, 0.4) is 0 Å². The van der Waals surface area contributed by atoms with Crippen molar-refractivity contribution >= 4 is 34.1 Å². The number of nitrogens with two attached hydrogens (primary N) is 1. The highest BCUT2D eigenvalue weighted by Crippen LogP contribution is 2.24. The fourth-order valence-electron chi connectivity index (χ4n) is 2.70. The lowest BCUT2D eigenvalue weighted by atomic mass is 10.0. The van der Waals surface area contributed by atoms with Crippen LogP contribution in [0, 0.1) is 0 Å². The molecule has 0 spiro atoms. The number of rotatable bonds is 2. The van der Waals surface area contributed by atoms with E-state index in [4.69, 9.17) is 22.4 Å². The molecule has 1 atom stereocenters. The maximum absolute atomic E-state index is 12.6. The van der Waals surface area contributed by atoms with Gasteiger partial charge in [0.25, 0.3) is 5.91 Å². The van der Waals surface area contributed by atoms with E-state index in [1.54, 1.807) is 11.0 Å². The van der Waals surface area contributed by atoms with Crippen molar-refractivity contribution in [1.29, 1.82) is 0 Å². The summed E-state index contributed by atoms with van der Waals surface area (Å²) in [5.41, 5.74) is 6.48. The number of piperidine rings is 1. The Morgan fingerprint density at radius 2 is 2.15 bits per heavy atom. The van der Waals surface area contributed by atoms with Crippen molar-refractivity contribution in [1.82, 2.24) is 4.90 Å². The average Bonchev–Trinajstić information content (AvgIpc) is 2.90. The highest BCUT2D eigenvalue weighted by molar-refractivity contribution is 7.80. The Kier molecular flexibility index (Phi) is 3.44. The van der Waals surface area contributed by atoms with Gasteiger partial charge in [-0.3, -0.25) is 4.79 Å². The molecule has 1 aliphatic rings. The van der Waals surface area contributed by atoms with Crippen LogP contribution in [0.15, 0.2) is 34.7 Å². The van der Waals surface area contributed by atoms with Crippen LogP contribution in [0.2, 0.25) is 0 Å². The van der Waals surface area contributed by atoms with Gasteiger partial charge in [0.05, 0.1) is 11.0 Å². The minimum absolute atomic E-state index is 0.126. The van der Waals surface area contributed by atoms with Gasteiger partial charge in [0.15, 0.2) is 5.76 Å². The summed E-state index contributed by atoms with van der Waals surface area (Å²) >= 11 is 5.08. The summed E-state index contributed by atoms with van der Waals surface area (Å²) in [6, 6.07) is 9.22. The summed E-state index contributed by atoms with van der Waals surface area (Å²) in [6.07, 6.45) is 2.86. The van der Waals surface area contributed by atoms with Crippen molar-refractivity contribution < 1.29 is 9.21 Å². The zero-order valence-electron chi connectivity index (χ0n) is 11.0. The second-order valence-corrected chi connectivity index (χ2v) is 5.53. The van der Waals surface area contributed by atoms with E-state index < -0.39 is 0 Å². The molecule has 104 valence electrons. The van der Waals surface area contributed by atoms with Gasteiger partial charge in [-0.1, -0.05) is 30.4 Å². The maximum atomic E-state index is 12.6. The van der Waals surface area contributed by atoms with Gasteiger partial charge in [-0.05, 0) is 31.4 Å². The summed E-state index contributed by atoms with van der Waals surface area (Å²) in [4.78, 5) is 14.7. The number of benzene rings is 1. The van der Waals surface area contributed by atoms with Gasteiger partial charge >= 0.3 is 0 Å². The number of hydrogen-bond acceptors (Lipinski definition) is 3. The molecule has 2 heterocycles. The molecule has 0 radical (unpaired) electrons. The first kappa shape index (κ1) is 13.1. The Morgan fingerprint density at radius 1 is 1.35 bits per heavy atom. The lowest BCUT2D eigenvalue weighted by Crippen LogP contribution is -2.49. The quantitative estimate of drug-likeness (QED) is 0.863. The second kappa shape index (κ2) is 5.25. The summed E-state index contributed by atoms with van der Waals surface area (Å²) in [6.45, 7) is 0.678. The largest absolute Gasteiger partial charge is 0.451 e. The normalized spacial score (nSPS) is 19.2. The molecule has 20 heavy (non-hydrogen) atoms. The molecule has 1 aromatic carbocycles. The van der Waals surface area contributed by atoms with Crippen LogP contribution in [0.25, 0.3) is 11.0 Å². The summed E-state index contributed by atoms with van der Waals surface area (Å²) in [7, 11) is 0. The molecule has 0 saturated carbocycles. The van der Waals surface area contributed by atoms with Crippen LogP contribution >= 0.6 is 12.2 Å². The number of hydrogen-bond donors (Lipinski definition) is 1. The number of carbonyl (C=O) groups excluding carboxylic acids is 1. The predicted octanol–water partition coefficient (Wildman–Crippen LogP) is 2.71. The highest BCUT2D eigenvalue weighted by Gasteiger charge is 2.30. The highest BCUT2D eigenvalue weighted by atomic mass is 32.1. The lowest BCUT2D eigenvalue weighted by Gasteiger charge is -2.34. The van der Waals surface area contributed by atoms with E-state index in [0.29, 0.717) is 17.3 Å². The molecule has 1 fully saturated rings. The van der Waals surface area contributed by atoms with Gasteiger partial charge in [-0.15, -0.1) is 0 Å². The number of likely N-dealkylation sites (tertiary alicyclic amines) is 1. The van der Waals surface area contributed by atoms with Crippen LogP contribution in [0.4, 0.5) is 0 Å². The number of para-hydroxylation sites is 1. The maximum Gasteiger partial charge on any atom is 0.290 e. The Bertz CT molecular complexity index is 632. The van der Waals surface area contributed by atoms with Crippen LogP contribution in [-0.4, -0.2) is 28.4 Å². The first-order valence-corrected chi connectivity index (χ1v) is 7.16. The molecule has 3 rings (SSSR count). The van der Waals surface area contributed by atoms with Crippen LogP contribution in [0.5, 0.6) is 0 Å². The molecule has 1 aliphatic heterocycles. The third-order valence-corrected chi connectivity index (χ3v) is 4.00. The topological polar surface area (TPSA) is 59.5 Å². The first-order valence-electron chi connectivity index (χ1n) is 6.75. The molecule has 1 amide bonds. The molecule has 4 nitrogen and oxygen atoms in total. The van der Waals surface area contributed by atoms with Gasteiger partial charge in [0.1, 0.15) is 5.58 Å². The number of nitrogens with zero attached hydrogens (tertiary/aromatic N) is 1. The van der Waals surface area contributed by atoms with Crippen LogP contribution in [-0.2, 0) is 0 Å². The fourth-order valence-corrected chi connectivity index (χ4v) is 2.94. The lowest BCUT2D eigenvalue weighted by molar-refractivity contribution is 0.0651. The van der Waals surface area contributed by atoms with Gasteiger partial charge in [-0.25, -0.2) is 0 Å². The van der Waals surface area contributed by atoms with E-state index in [2.05, 4.69) is 0 Å². The van der Waals surface area contributed by atoms with E-state index in [0.717, 1.165) is 30.2 Å². The van der Waals surface area contributed by atoms with E-state index in [1.807, 2.05) is 24.3 Å². The van der Waals surface area contributed by atoms with Crippen molar-refractivity contribution in [3.8, 4) is 0 Å². The van der Waals surface area contributed by atoms with Crippen molar-refractivity contribution in [2.45, 2.75) is 25.3 Å². The standard InChI is InChI=1S/C15H16N2O2S/c16-14(20)11-6-3-4-8-17(11)15(18)13-9-10-5-1-2-7-12(10)19-13/h1-2,5,7,9,11H,3-4,6,8H2,(H2,16,20). The Balaban J connectivity index is 1.92. The van der Waals surface area contributed by atoms with E-state index >= 15 is 0 Å². The summed E-state index contributed by atoms with van der Waals surface area (Å²) in [5, 5.41) is 0.930. The smallest absolute Gasteiger partial charge is 0.290 e. The summed E-state index contributed by atoms with van der Waals surface area (Å²) in [5.74, 6) is 0.230. The van der Waals surface area contributed by atoms with Gasteiger partial charge in [0.2, 0.25) is 0 Å². The summed E-state index contributed by atoms with van der Waals surface area (Å²) < 4.78 is 5.64. The number of amides is 1. The number of thiocarbonyl (C=S) groups is 1. The van der Waals surface area contributed by atoms with Gasteiger partial charge in [-0.2, -0.15) is 0 Å². The Hall–Kier alpha value is -1.88. The van der Waals surface area contributed by atoms with Crippen LogP contribution in [0.1, 0.15) is 29.8 Å². The van der Waals surface area contributed by atoms with Crippen molar-refractivity contribution in [3.05, 3.63) is 36.1 Å². The predicted molar refractivity (Wildman–Crippen MR) is 81.7 cm³/mol. The second-order valence-electron chi connectivity index (χ2n) is 5.06. The third kappa shape index (κ3) is 2.29. The zero-order chi connectivity index (χ0) is 14.1. The molecule has 0 aliphatic carbocycles. The van der Waals surface area contributed by atoms with Gasteiger partial charge < -0.3 is 15.1 Å². The number of fused-ring (bicyclic) bond motifs is 1. The molecule has 0 bridgehead atoms. The average molecular weight is 288 g/mol. The molecule has 2 aromatic rings. The minimum atomic E-state index is -0.153. The van der Waals surface area contributed by atoms with Crippen molar-refractivity contribution in [2.75, 3.05) is 6.54 Å². The molecule has 1 saturated heterocycles. The molecular formula is C15H16N2O2S. The molecular weight excluding hydrogens is 272 g/mol. The Labute approximate surface area is 122 Å². The SMILES string of the molecule is NC(=S)C1CCCCN1C(=O)c1cc2ccccc2o1. The monoisotopic (exact) mass is 288 g/mol. The van der Waals surface area contributed by atoms with E-state index in [1.165, 1.54) is 0 Å². The molecule has 1 unspecified atom stereocenters. The number of furan rings is 1. The van der Waals surface area contributed by atoms with E-state index in [-0.39, 0.29) is 11.9 Å². The van der Waals surface area contributed by atoms with Crippen molar-refractivity contribution in [2.24, 2.45) is 5.73 Å². The third-order valence-electron chi connectivity index (χ3n) is 3.73. The van der Waals surface area contributed by atoms with Gasteiger partial charge in [0, 0.05) is 11.9 Å². The zero-order valence-corrected chi connectivity index (χ0v) is 11.9. The first-order chi connectivity index (χ1) is 9.66. The number of carbonyl (C=O) groups is 1. The van der Waals surface area contributed by atoms with Crippen molar-refractivity contribution in [3.63, 3.8) is 0 Å². The fraction of sp³-hybridized carbons (Fsp3) is 0.333. The van der Waals surface area contributed by atoms with Crippen LogP contribution < -0.4 is 5.73 Å². The Morgan fingerprint density at radius 3 is 2.90 bits per heavy atom.